The molecule has 1 aromatic carbocycles. The first-order chi connectivity index (χ1) is 9.85. The number of nitrogens with two attached hydrogens (primary N) is 1. The van der Waals surface area contributed by atoms with Gasteiger partial charge in [-0.05, 0) is 19.4 Å². The highest BCUT2D eigenvalue weighted by molar-refractivity contribution is 7.80. The molecule has 3 N–H and O–H groups in total. The Bertz CT molecular complexity index is 491. The Balaban J connectivity index is 1.91. The van der Waals surface area contributed by atoms with E-state index in [4.69, 9.17) is 18.0 Å². The normalized spacial score (nSPS) is 17.9. The zero-order valence-corrected chi connectivity index (χ0v) is 13.7. The van der Waals surface area contributed by atoms with Gasteiger partial charge in [-0.2, -0.15) is 0 Å². The third-order valence-corrected chi connectivity index (χ3v) is 3.97. The Kier molecular flexibility index (Phi) is 5.32. The summed E-state index contributed by atoms with van der Waals surface area (Å²) >= 11 is 5.12. The first kappa shape index (κ1) is 16.4. The summed E-state index contributed by atoms with van der Waals surface area (Å²) in [4.78, 5) is 5.19. The molecule has 0 aromatic heterocycles. The van der Waals surface area contributed by atoms with Crippen LogP contribution in [-0.4, -0.2) is 58.2 Å². The van der Waals surface area contributed by atoms with Gasteiger partial charge in [0.15, 0.2) is 0 Å². The topological polar surface area (TPSA) is 52.7 Å². The maximum Gasteiger partial charge on any atom is 0.104 e. The highest BCUT2D eigenvalue weighted by atomic mass is 32.1. The average Bonchev–Trinajstić information content (AvgIpc) is 2.40. The fourth-order valence-electron chi connectivity index (χ4n) is 2.79. The second-order valence-corrected chi connectivity index (χ2v) is 6.83. The van der Waals surface area contributed by atoms with E-state index in [0.29, 0.717) is 4.99 Å². The van der Waals surface area contributed by atoms with Crippen LogP contribution in [0.5, 0.6) is 0 Å². The van der Waals surface area contributed by atoms with Crippen molar-refractivity contribution in [3.63, 3.8) is 0 Å². The molecule has 116 valence electrons. The number of hydrogen-bond acceptors (Lipinski definition) is 4. The van der Waals surface area contributed by atoms with E-state index in [1.165, 1.54) is 5.56 Å². The number of nitrogens with zero attached hydrogens (tertiary/aromatic N) is 2. The van der Waals surface area contributed by atoms with Gasteiger partial charge in [0.05, 0.1) is 5.60 Å². The van der Waals surface area contributed by atoms with Crippen molar-refractivity contribution in [1.29, 1.82) is 0 Å². The molecule has 5 heteroatoms. The van der Waals surface area contributed by atoms with Gasteiger partial charge in [-0.25, -0.2) is 0 Å². The van der Waals surface area contributed by atoms with Crippen LogP contribution in [0.4, 0.5) is 0 Å². The minimum absolute atomic E-state index is 0.464. The molecular weight excluding hydrogens is 282 g/mol. The number of rotatable bonds is 5. The Morgan fingerprint density at radius 1 is 1.19 bits per heavy atom. The number of hydrogen-bond donors (Lipinski definition) is 2. The SMILES string of the molecule is CC(C)(O)CN1CCN(Cc2ccccc2C(N)=S)CC1. The summed E-state index contributed by atoms with van der Waals surface area (Å²) in [5, 5.41) is 9.88. The molecule has 0 atom stereocenters. The summed E-state index contributed by atoms with van der Waals surface area (Å²) < 4.78 is 0. The van der Waals surface area contributed by atoms with Gasteiger partial charge in [0.2, 0.25) is 0 Å². The van der Waals surface area contributed by atoms with Crippen LogP contribution in [0.3, 0.4) is 0 Å². The zero-order chi connectivity index (χ0) is 15.5. The number of benzene rings is 1. The van der Waals surface area contributed by atoms with Crippen molar-refractivity contribution in [2.75, 3.05) is 32.7 Å². The molecule has 0 unspecified atom stereocenters. The zero-order valence-electron chi connectivity index (χ0n) is 12.9. The Morgan fingerprint density at radius 3 is 2.33 bits per heavy atom. The first-order valence-corrected chi connectivity index (χ1v) is 7.81. The van der Waals surface area contributed by atoms with Crippen molar-refractivity contribution >= 4 is 17.2 Å². The van der Waals surface area contributed by atoms with Gasteiger partial charge in [0, 0.05) is 44.8 Å². The Labute approximate surface area is 132 Å². The maximum atomic E-state index is 9.88. The molecule has 0 amide bonds. The molecule has 0 radical (unpaired) electrons. The van der Waals surface area contributed by atoms with Crippen molar-refractivity contribution in [3.8, 4) is 0 Å². The molecule has 0 aliphatic carbocycles. The molecule has 2 rings (SSSR count). The van der Waals surface area contributed by atoms with Crippen LogP contribution in [0, 0.1) is 0 Å². The lowest BCUT2D eigenvalue weighted by Gasteiger charge is -2.37. The van der Waals surface area contributed by atoms with Crippen molar-refractivity contribution in [3.05, 3.63) is 35.4 Å². The fraction of sp³-hybridized carbons (Fsp3) is 0.562. The molecule has 1 aromatic rings. The van der Waals surface area contributed by atoms with Crippen LogP contribution < -0.4 is 5.73 Å². The van der Waals surface area contributed by atoms with Crippen LogP contribution in [0.15, 0.2) is 24.3 Å². The molecule has 0 bridgehead atoms. The molecule has 1 saturated heterocycles. The molecule has 21 heavy (non-hydrogen) atoms. The number of thiocarbonyl (C=S) groups is 1. The van der Waals surface area contributed by atoms with E-state index >= 15 is 0 Å². The number of piperazine rings is 1. The Morgan fingerprint density at radius 2 is 1.76 bits per heavy atom. The molecule has 4 nitrogen and oxygen atoms in total. The summed E-state index contributed by atoms with van der Waals surface area (Å²) in [7, 11) is 0. The van der Waals surface area contributed by atoms with Gasteiger partial charge in [-0.1, -0.05) is 36.5 Å². The molecule has 0 spiro atoms. The summed E-state index contributed by atoms with van der Waals surface area (Å²) in [6.45, 7) is 9.30. The average molecular weight is 307 g/mol. The second-order valence-electron chi connectivity index (χ2n) is 6.39. The minimum atomic E-state index is -0.624. The largest absolute Gasteiger partial charge is 0.389 e. The van der Waals surface area contributed by atoms with Crippen molar-refractivity contribution in [1.82, 2.24) is 9.80 Å². The standard InChI is InChI=1S/C16H25N3OS/c1-16(2,20)12-19-9-7-18(8-10-19)11-13-5-3-4-6-14(13)15(17)21/h3-6,20H,7-12H2,1-2H3,(H2,17,21). The molecule has 0 saturated carbocycles. The van der Waals surface area contributed by atoms with Gasteiger partial charge in [0.1, 0.15) is 4.99 Å². The van der Waals surface area contributed by atoms with Crippen LogP contribution >= 0.6 is 12.2 Å². The van der Waals surface area contributed by atoms with Gasteiger partial charge in [-0.3, -0.25) is 9.80 Å². The molecule has 1 fully saturated rings. The lowest BCUT2D eigenvalue weighted by molar-refractivity contribution is 0.0167. The third-order valence-electron chi connectivity index (χ3n) is 3.75. The van der Waals surface area contributed by atoms with Crippen LogP contribution in [0.1, 0.15) is 25.0 Å². The van der Waals surface area contributed by atoms with E-state index in [1.54, 1.807) is 0 Å². The minimum Gasteiger partial charge on any atom is -0.389 e. The van der Waals surface area contributed by atoms with E-state index in [0.717, 1.165) is 44.8 Å². The predicted molar refractivity (Wildman–Crippen MR) is 90.3 cm³/mol. The van der Waals surface area contributed by atoms with E-state index in [9.17, 15) is 5.11 Å². The fourth-order valence-corrected chi connectivity index (χ4v) is 2.99. The smallest absolute Gasteiger partial charge is 0.104 e. The molecular formula is C16H25N3OS. The molecule has 1 aliphatic rings. The maximum absolute atomic E-state index is 9.88. The highest BCUT2D eigenvalue weighted by Gasteiger charge is 2.23. The third kappa shape index (κ3) is 5.04. The summed E-state index contributed by atoms with van der Waals surface area (Å²) in [5.41, 5.74) is 7.34. The van der Waals surface area contributed by atoms with Crippen molar-refractivity contribution < 1.29 is 5.11 Å². The van der Waals surface area contributed by atoms with Crippen LogP contribution in [0.2, 0.25) is 0 Å². The molecule has 1 heterocycles. The van der Waals surface area contributed by atoms with E-state index in [2.05, 4.69) is 15.9 Å². The first-order valence-electron chi connectivity index (χ1n) is 7.40. The lowest BCUT2D eigenvalue weighted by atomic mass is 10.1. The summed E-state index contributed by atoms with van der Waals surface area (Å²) in [5.74, 6) is 0. The van der Waals surface area contributed by atoms with Crippen molar-refractivity contribution in [2.45, 2.75) is 26.0 Å². The Hall–Kier alpha value is -1.01. The summed E-state index contributed by atoms with van der Waals surface area (Å²) in [6, 6.07) is 8.08. The van der Waals surface area contributed by atoms with Crippen LogP contribution in [-0.2, 0) is 6.54 Å². The van der Waals surface area contributed by atoms with E-state index in [1.807, 2.05) is 32.0 Å². The van der Waals surface area contributed by atoms with E-state index in [-0.39, 0.29) is 0 Å². The second kappa shape index (κ2) is 6.83. The van der Waals surface area contributed by atoms with Gasteiger partial charge >= 0.3 is 0 Å². The highest BCUT2D eigenvalue weighted by Crippen LogP contribution is 2.14. The van der Waals surface area contributed by atoms with Gasteiger partial charge < -0.3 is 10.8 Å². The quantitative estimate of drug-likeness (QED) is 0.801. The predicted octanol–water partition coefficient (Wildman–Crippen LogP) is 1.21. The van der Waals surface area contributed by atoms with Crippen molar-refractivity contribution in [2.24, 2.45) is 5.73 Å². The number of aliphatic hydroxyl groups is 1. The van der Waals surface area contributed by atoms with Gasteiger partial charge in [-0.15, -0.1) is 0 Å². The summed E-state index contributed by atoms with van der Waals surface area (Å²) in [6.07, 6.45) is 0. The van der Waals surface area contributed by atoms with Crippen LogP contribution in [0.25, 0.3) is 0 Å². The number of β-amino-alcohol motifs (C(OH)–C–C–N with tert-alkyl or cyclic N) is 1. The molecule has 1 aliphatic heterocycles. The lowest BCUT2D eigenvalue weighted by Crippen LogP contribution is -2.50. The van der Waals surface area contributed by atoms with E-state index < -0.39 is 5.60 Å². The van der Waals surface area contributed by atoms with Gasteiger partial charge in [0.25, 0.3) is 0 Å². The monoisotopic (exact) mass is 307 g/mol.